The van der Waals surface area contributed by atoms with Crippen molar-refractivity contribution in [3.63, 3.8) is 0 Å². The molecular formula is C11H16N2O3. The van der Waals surface area contributed by atoms with Crippen LogP contribution in [-0.4, -0.2) is 26.2 Å². The molecule has 88 valence electrons. The molecule has 1 aliphatic rings. The fourth-order valence-corrected chi connectivity index (χ4v) is 2.38. The van der Waals surface area contributed by atoms with Gasteiger partial charge in [-0.3, -0.25) is 4.79 Å². The van der Waals surface area contributed by atoms with E-state index in [1.54, 1.807) is 12.5 Å². The van der Waals surface area contributed by atoms with Gasteiger partial charge in [-0.15, -0.1) is 0 Å². The first kappa shape index (κ1) is 11.1. The molecule has 0 aromatic carbocycles. The second-order valence-corrected chi connectivity index (χ2v) is 4.53. The lowest BCUT2D eigenvalue weighted by atomic mass is 9.76. The van der Waals surface area contributed by atoms with Crippen molar-refractivity contribution in [2.75, 3.05) is 0 Å². The monoisotopic (exact) mass is 224 g/mol. The summed E-state index contributed by atoms with van der Waals surface area (Å²) >= 11 is 0. The van der Waals surface area contributed by atoms with E-state index in [2.05, 4.69) is 9.97 Å². The fraction of sp³-hybridized carbons (Fsp3) is 0.636. The Balaban J connectivity index is 1.96. The summed E-state index contributed by atoms with van der Waals surface area (Å²) in [7, 11) is 0. The Hall–Kier alpha value is -1.36. The number of hydrogen-bond donors (Lipinski definition) is 3. The zero-order valence-electron chi connectivity index (χ0n) is 9.02. The molecule has 1 heterocycles. The van der Waals surface area contributed by atoms with E-state index in [0.29, 0.717) is 18.5 Å². The van der Waals surface area contributed by atoms with Gasteiger partial charge >= 0.3 is 5.97 Å². The van der Waals surface area contributed by atoms with Crippen LogP contribution in [0.4, 0.5) is 0 Å². The predicted molar refractivity (Wildman–Crippen MR) is 56.7 cm³/mol. The summed E-state index contributed by atoms with van der Waals surface area (Å²) in [6.07, 6.45) is 6.14. The highest BCUT2D eigenvalue weighted by Gasteiger charge is 2.36. The van der Waals surface area contributed by atoms with Crippen molar-refractivity contribution in [1.29, 1.82) is 0 Å². The second-order valence-electron chi connectivity index (χ2n) is 4.53. The Morgan fingerprint density at radius 2 is 2.25 bits per heavy atom. The number of carboxylic acids is 1. The van der Waals surface area contributed by atoms with E-state index in [9.17, 15) is 9.90 Å². The van der Waals surface area contributed by atoms with E-state index >= 15 is 0 Å². The van der Waals surface area contributed by atoms with Crippen LogP contribution in [0.15, 0.2) is 12.5 Å². The first-order valence-electron chi connectivity index (χ1n) is 5.53. The Bertz CT molecular complexity index is 353. The molecule has 3 N–H and O–H groups in total. The molecule has 0 unspecified atom stereocenters. The summed E-state index contributed by atoms with van der Waals surface area (Å²) in [5.74, 6) is -0.563. The number of imidazole rings is 1. The van der Waals surface area contributed by atoms with Crippen molar-refractivity contribution in [1.82, 2.24) is 9.97 Å². The highest BCUT2D eigenvalue weighted by molar-refractivity contribution is 5.67. The number of H-pyrrole nitrogens is 1. The van der Waals surface area contributed by atoms with Gasteiger partial charge in [0.1, 0.15) is 5.60 Å². The van der Waals surface area contributed by atoms with Crippen LogP contribution in [0.3, 0.4) is 0 Å². The number of carboxylic acid groups (broad SMARTS) is 1. The van der Waals surface area contributed by atoms with Crippen LogP contribution < -0.4 is 0 Å². The van der Waals surface area contributed by atoms with Gasteiger partial charge in [0.2, 0.25) is 0 Å². The number of nitrogens with zero attached hydrogens (tertiary/aromatic N) is 1. The maximum absolute atomic E-state index is 10.6. The molecule has 1 aromatic rings. The summed E-state index contributed by atoms with van der Waals surface area (Å²) in [4.78, 5) is 17.5. The van der Waals surface area contributed by atoms with Crippen LogP contribution in [0.2, 0.25) is 0 Å². The third-order valence-electron chi connectivity index (χ3n) is 3.37. The quantitative estimate of drug-likeness (QED) is 0.721. The third-order valence-corrected chi connectivity index (χ3v) is 3.37. The summed E-state index contributed by atoms with van der Waals surface area (Å²) in [5, 5.41) is 19.1. The minimum Gasteiger partial charge on any atom is -0.481 e. The molecule has 5 heteroatoms. The zero-order chi connectivity index (χ0) is 11.6. The lowest BCUT2D eigenvalue weighted by molar-refractivity contribution is -0.139. The van der Waals surface area contributed by atoms with Gasteiger partial charge in [0.15, 0.2) is 0 Å². The minimum atomic E-state index is -0.866. The molecule has 1 fully saturated rings. The topological polar surface area (TPSA) is 86.2 Å². The van der Waals surface area contributed by atoms with E-state index in [1.165, 1.54) is 0 Å². The fourth-order valence-electron chi connectivity index (χ4n) is 2.38. The SMILES string of the molecule is O=C(O)C[C@H]1CC[C@@](O)(c2c[nH]cn2)CC1. The first-order chi connectivity index (χ1) is 7.60. The molecule has 1 aliphatic carbocycles. The summed E-state index contributed by atoms with van der Waals surface area (Å²) < 4.78 is 0. The Morgan fingerprint density at radius 1 is 1.56 bits per heavy atom. The number of aliphatic carboxylic acids is 1. The molecule has 0 amide bonds. The van der Waals surface area contributed by atoms with Gasteiger partial charge in [-0.1, -0.05) is 0 Å². The van der Waals surface area contributed by atoms with Crippen molar-refractivity contribution in [3.05, 3.63) is 18.2 Å². The van der Waals surface area contributed by atoms with Crippen LogP contribution in [0.25, 0.3) is 0 Å². The summed E-state index contributed by atoms with van der Waals surface area (Å²) in [5.41, 5.74) is -0.198. The Kier molecular flexibility index (Phi) is 2.96. The predicted octanol–water partition coefficient (Wildman–Crippen LogP) is 1.26. The number of aromatic nitrogens is 2. The molecule has 0 aliphatic heterocycles. The lowest BCUT2D eigenvalue weighted by Crippen LogP contribution is -2.32. The highest BCUT2D eigenvalue weighted by atomic mass is 16.4. The lowest BCUT2D eigenvalue weighted by Gasteiger charge is -2.34. The number of rotatable bonds is 3. The molecule has 0 spiro atoms. The number of carbonyl (C=O) groups is 1. The zero-order valence-corrected chi connectivity index (χ0v) is 9.02. The van der Waals surface area contributed by atoms with E-state index in [-0.39, 0.29) is 12.3 Å². The minimum absolute atomic E-state index is 0.191. The second kappa shape index (κ2) is 4.25. The molecule has 0 radical (unpaired) electrons. The van der Waals surface area contributed by atoms with Crippen LogP contribution in [0.1, 0.15) is 37.8 Å². The Morgan fingerprint density at radius 3 is 2.75 bits per heavy atom. The Labute approximate surface area is 93.5 Å². The van der Waals surface area contributed by atoms with Gasteiger partial charge in [-0.05, 0) is 31.6 Å². The van der Waals surface area contributed by atoms with Crippen molar-refractivity contribution in [2.24, 2.45) is 5.92 Å². The molecular weight excluding hydrogens is 208 g/mol. The maximum Gasteiger partial charge on any atom is 0.303 e. The molecule has 0 atom stereocenters. The van der Waals surface area contributed by atoms with E-state index in [1.807, 2.05) is 0 Å². The van der Waals surface area contributed by atoms with Crippen LogP contribution in [0, 0.1) is 5.92 Å². The third kappa shape index (κ3) is 2.24. The van der Waals surface area contributed by atoms with Gasteiger partial charge in [0, 0.05) is 12.6 Å². The standard InChI is InChI=1S/C11H16N2O3/c14-10(15)5-8-1-3-11(16,4-2-8)9-6-12-7-13-9/h6-8,16H,1-5H2,(H,12,13)(H,14,15)/t8-,11-. The molecule has 2 rings (SSSR count). The largest absolute Gasteiger partial charge is 0.481 e. The van der Waals surface area contributed by atoms with E-state index in [0.717, 1.165) is 12.8 Å². The van der Waals surface area contributed by atoms with Gasteiger partial charge in [0.05, 0.1) is 12.0 Å². The van der Waals surface area contributed by atoms with Crippen LogP contribution >= 0.6 is 0 Å². The average molecular weight is 224 g/mol. The van der Waals surface area contributed by atoms with Crippen molar-refractivity contribution in [3.8, 4) is 0 Å². The molecule has 1 aromatic heterocycles. The molecule has 0 bridgehead atoms. The summed E-state index contributed by atoms with van der Waals surface area (Å²) in [6.45, 7) is 0. The highest BCUT2D eigenvalue weighted by Crippen LogP contribution is 2.39. The van der Waals surface area contributed by atoms with Crippen LogP contribution in [0.5, 0.6) is 0 Å². The number of aromatic amines is 1. The number of hydrogen-bond acceptors (Lipinski definition) is 3. The molecule has 16 heavy (non-hydrogen) atoms. The van der Waals surface area contributed by atoms with Gasteiger partial charge in [-0.25, -0.2) is 4.98 Å². The van der Waals surface area contributed by atoms with Crippen molar-refractivity contribution >= 4 is 5.97 Å². The van der Waals surface area contributed by atoms with Gasteiger partial charge < -0.3 is 15.2 Å². The van der Waals surface area contributed by atoms with Gasteiger partial charge in [0.25, 0.3) is 0 Å². The van der Waals surface area contributed by atoms with Crippen LogP contribution in [-0.2, 0) is 10.4 Å². The maximum atomic E-state index is 10.6. The number of aliphatic hydroxyl groups is 1. The normalized spacial score (nSPS) is 30.2. The van der Waals surface area contributed by atoms with E-state index < -0.39 is 11.6 Å². The van der Waals surface area contributed by atoms with Crippen molar-refractivity contribution in [2.45, 2.75) is 37.7 Å². The first-order valence-corrected chi connectivity index (χ1v) is 5.53. The molecule has 5 nitrogen and oxygen atoms in total. The van der Waals surface area contributed by atoms with Crippen molar-refractivity contribution < 1.29 is 15.0 Å². The summed E-state index contributed by atoms with van der Waals surface area (Å²) in [6, 6.07) is 0. The van der Waals surface area contributed by atoms with E-state index in [4.69, 9.17) is 5.11 Å². The average Bonchev–Trinajstić information content (AvgIpc) is 2.75. The molecule has 0 saturated heterocycles. The smallest absolute Gasteiger partial charge is 0.303 e. The number of nitrogens with one attached hydrogen (secondary N) is 1. The molecule has 1 saturated carbocycles. The van der Waals surface area contributed by atoms with Gasteiger partial charge in [-0.2, -0.15) is 0 Å².